The molecule has 1 fully saturated rings. The Balaban J connectivity index is 1.48. The summed E-state index contributed by atoms with van der Waals surface area (Å²) in [6, 6.07) is 8.94. The summed E-state index contributed by atoms with van der Waals surface area (Å²) >= 11 is 0. The number of furan rings is 1. The van der Waals surface area contributed by atoms with Gasteiger partial charge in [0.15, 0.2) is 0 Å². The number of hydrogen-bond acceptors (Lipinski definition) is 4. The van der Waals surface area contributed by atoms with E-state index < -0.39 is 0 Å². The van der Waals surface area contributed by atoms with E-state index in [1.165, 1.54) is 18.4 Å². The third-order valence-electron chi connectivity index (χ3n) is 3.50. The normalized spacial score (nSPS) is 14.9. The Morgan fingerprint density at radius 3 is 2.85 bits per heavy atom. The van der Waals surface area contributed by atoms with Gasteiger partial charge in [0.1, 0.15) is 5.76 Å². The number of nitrogens with one attached hydrogen (secondary N) is 1. The van der Waals surface area contributed by atoms with Crippen molar-refractivity contribution >= 4 is 0 Å². The fourth-order valence-corrected chi connectivity index (χ4v) is 2.20. The molecule has 3 rings (SSSR count). The largest absolute Gasteiger partial charge is 0.468 e. The molecule has 2 aromatic rings. The molecule has 0 amide bonds. The van der Waals surface area contributed by atoms with Crippen molar-refractivity contribution in [3.63, 3.8) is 0 Å². The van der Waals surface area contributed by atoms with Gasteiger partial charge in [-0.25, -0.2) is 0 Å². The fraction of sp³-hybridized carbons (Fsp3) is 0.438. The Morgan fingerprint density at radius 2 is 2.20 bits per heavy atom. The van der Waals surface area contributed by atoms with Crippen LogP contribution in [0.1, 0.15) is 29.9 Å². The summed E-state index contributed by atoms with van der Waals surface area (Å²) in [5.74, 6) is 0.984. The average Bonchev–Trinajstić information content (AvgIpc) is 3.14. The summed E-state index contributed by atoms with van der Waals surface area (Å²) in [6.45, 7) is 2.57. The third-order valence-corrected chi connectivity index (χ3v) is 3.50. The molecule has 4 nitrogen and oxygen atoms in total. The molecular weight excluding hydrogens is 250 g/mol. The van der Waals surface area contributed by atoms with Crippen LogP contribution in [0.3, 0.4) is 0 Å². The highest BCUT2D eigenvalue weighted by Crippen LogP contribution is 2.19. The first-order valence-electron chi connectivity index (χ1n) is 7.18. The first kappa shape index (κ1) is 13.3. The molecule has 0 aliphatic heterocycles. The molecule has 0 bridgehead atoms. The van der Waals surface area contributed by atoms with Gasteiger partial charge in [0.2, 0.25) is 0 Å². The molecule has 0 saturated heterocycles. The summed E-state index contributed by atoms with van der Waals surface area (Å²) in [5.41, 5.74) is 2.35. The predicted molar refractivity (Wildman–Crippen MR) is 78.0 cm³/mol. The molecule has 0 unspecified atom stereocenters. The van der Waals surface area contributed by atoms with Crippen molar-refractivity contribution in [2.75, 3.05) is 7.05 Å². The van der Waals surface area contributed by atoms with Crippen LogP contribution < -0.4 is 5.32 Å². The van der Waals surface area contributed by atoms with E-state index in [-0.39, 0.29) is 0 Å². The molecule has 0 radical (unpaired) electrons. The lowest BCUT2D eigenvalue weighted by Crippen LogP contribution is -2.18. The van der Waals surface area contributed by atoms with Crippen LogP contribution in [0.5, 0.6) is 0 Å². The van der Waals surface area contributed by atoms with Crippen LogP contribution in [0, 0.1) is 0 Å². The molecular formula is C16H21N3O. The Kier molecular flexibility index (Phi) is 4.14. The summed E-state index contributed by atoms with van der Waals surface area (Å²) in [4.78, 5) is 6.73. The van der Waals surface area contributed by atoms with E-state index in [1.807, 2.05) is 18.3 Å². The molecule has 0 spiro atoms. The summed E-state index contributed by atoms with van der Waals surface area (Å²) in [5, 5.41) is 3.50. The number of aromatic nitrogens is 1. The fourth-order valence-electron chi connectivity index (χ4n) is 2.20. The molecule has 1 N–H and O–H groups in total. The number of nitrogens with zero attached hydrogens (tertiary/aromatic N) is 2. The van der Waals surface area contributed by atoms with Gasteiger partial charge in [-0.3, -0.25) is 9.88 Å². The molecule has 1 saturated carbocycles. The number of rotatable bonds is 7. The maximum absolute atomic E-state index is 5.35. The van der Waals surface area contributed by atoms with Crippen LogP contribution in [-0.4, -0.2) is 23.0 Å². The van der Waals surface area contributed by atoms with Crippen molar-refractivity contribution in [1.82, 2.24) is 15.2 Å². The molecule has 2 heterocycles. The van der Waals surface area contributed by atoms with Crippen molar-refractivity contribution < 1.29 is 4.42 Å². The van der Waals surface area contributed by atoms with Gasteiger partial charge >= 0.3 is 0 Å². The van der Waals surface area contributed by atoms with Gasteiger partial charge in [0, 0.05) is 25.3 Å². The highest BCUT2D eigenvalue weighted by molar-refractivity contribution is 5.14. The molecule has 0 atom stereocenters. The third kappa shape index (κ3) is 3.92. The Morgan fingerprint density at radius 1 is 1.30 bits per heavy atom. The molecule has 0 aromatic carbocycles. The highest BCUT2D eigenvalue weighted by atomic mass is 16.3. The van der Waals surface area contributed by atoms with E-state index >= 15 is 0 Å². The van der Waals surface area contributed by atoms with E-state index in [1.54, 1.807) is 6.26 Å². The second kappa shape index (κ2) is 6.20. The maximum Gasteiger partial charge on any atom is 0.117 e. The minimum Gasteiger partial charge on any atom is -0.468 e. The van der Waals surface area contributed by atoms with Crippen LogP contribution >= 0.6 is 0 Å². The Labute approximate surface area is 119 Å². The molecule has 4 heteroatoms. The lowest BCUT2D eigenvalue weighted by Gasteiger charge is -2.14. The van der Waals surface area contributed by atoms with Gasteiger partial charge in [0.25, 0.3) is 0 Å². The molecule has 1 aliphatic rings. The summed E-state index contributed by atoms with van der Waals surface area (Å²) < 4.78 is 5.35. The van der Waals surface area contributed by atoms with Crippen molar-refractivity contribution in [2.24, 2.45) is 0 Å². The summed E-state index contributed by atoms with van der Waals surface area (Å²) in [7, 11) is 2.08. The second-order valence-corrected chi connectivity index (χ2v) is 5.56. The van der Waals surface area contributed by atoms with Crippen molar-refractivity contribution in [3.8, 4) is 0 Å². The van der Waals surface area contributed by atoms with Gasteiger partial charge < -0.3 is 9.73 Å². The van der Waals surface area contributed by atoms with Gasteiger partial charge in [-0.2, -0.15) is 0 Å². The van der Waals surface area contributed by atoms with Gasteiger partial charge in [-0.1, -0.05) is 6.07 Å². The molecule has 1 aliphatic carbocycles. The van der Waals surface area contributed by atoms with Gasteiger partial charge in [-0.05, 0) is 43.7 Å². The van der Waals surface area contributed by atoms with Gasteiger partial charge in [0.05, 0.1) is 18.5 Å². The summed E-state index contributed by atoms with van der Waals surface area (Å²) in [6.07, 6.45) is 6.33. The smallest absolute Gasteiger partial charge is 0.117 e. The SMILES string of the molecule is CN(Cc1ccc(CNC2CC2)cn1)Cc1ccco1. The number of pyridine rings is 1. The molecule has 2 aromatic heterocycles. The highest BCUT2D eigenvalue weighted by Gasteiger charge is 2.19. The van der Waals surface area contributed by atoms with Crippen molar-refractivity contribution in [3.05, 3.63) is 53.7 Å². The molecule has 106 valence electrons. The van der Waals surface area contributed by atoms with E-state index in [9.17, 15) is 0 Å². The predicted octanol–water partition coefficient (Wildman–Crippen LogP) is 2.56. The zero-order valence-electron chi connectivity index (χ0n) is 11.9. The maximum atomic E-state index is 5.35. The number of hydrogen-bond donors (Lipinski definition) is 1. The standard InChI is InChI=1S/C16H21N3O/c1-19(12-16-3-2-8-20-16)11-15-5-4-13(10-18-15)9-17-14-6-7-14/h2-5,8,10,14,17H,6-7,9,11-12H2,1H3. The minimum atomic E-state index is 0.745. The zero-order valence-corrected chi connectivity index (χ0v) is 11.9. The first-order valence-corrected chi connectivity index (χ1v) is 7.18. The quantitative estimate of drug-likeness (QED) is 0.840. The van der Waals surface area contributed by atoms with E-state index in [4.69, 9.17) is 4.42 Å². The van der Waals surface area contributed by atoms with Crippen LogP contribution in [0.2, 0.25) is 0 Å². The molecule has 20 heavy (non-hydrogen) atoms. The lowest BCUT2D eigenvalue weighted by molar-refractivity contribution is 0.285. The van der Waals surface area contributed by atoms with Crippen LogP contribution in [0.25, 0.3) is 0 Å². The minimum absolute atomic E-state index is 0.745. The average molecular weight is 271 g/mol. The Hall–Kier alpha value is -1.65. The van der Waals surface area contributed by atoms with Gasteiger partial charge in [-0.15, -0.1) is 0 Å². The van der Waals surface area contributed by atoms with Crippen molar-refractivity contribution in [1.29, 1.82) is 0 Å². The topological polar surface area (TPSA) is 41.3 Å². The monoisotopic (exact) mass is 271 g/mol. The van der Waals surface area contributed by atoms with Crippen LogP contribution in [0.4, 0.5) is 0 Å². The van der Waals surface area contributed by atoms with E-state index in [0.717, 1.165) is 37.1 Å². The lowest BCUT2D eigenvalue weighted by atomic mass is 10.2. The Bertz CT molecular complexity index is 517. The zero-order chi connectivity index (χ0) is 13.8. The van der Waals surface area contributed by atoms with E-state index in [0.29, 0.717) is 0 Å². The van der Waals surface area contributed by atoms with Crippen LogP contribution in [0.15, 0.2) is 41.1 Å². The first-order chi connectivity index (χ1) is 9.79. The van der Waals surface area contributed by atoms with E-state index in [2.05, 4.69) is 34.4 Å². The van der Waals surface area contributed by atoms with Crippen molar-refractivity contribution in [2.45, 2.75) is 38.5 Å². The van der Waals surface area contributed by atoms with Crippen LogP contribution in [-0.2, 0) is 19.6 Å². The second-order valence-electron chi connectivity index (χ2n) is 5.56.